The monoisotopic (exact) mass is 311 g/mol. The van der Waals surface area contributed by atoms with Gasteiger partial charge in [-0.3, -0.25) is 0 Å². The number of ether oxygens (including phenoxy) is 1. The summed E-state index contributed by atoms with van der Waals surface area (Å²) >= 11 is 1.54. The number of esters is 1. The number of carboxylic acid groups (broad SMARTS) is 1. The summed E-state index contributed by atoms with van der Waals surface area (Å²) in [5, 5.41) is 9.92. The minimum Gasteiger partial charge on any atom is -0.478 e. The standard InChI is InChI=1S/C15H21NO4S/c1-9(2)20-14(19)10-6-5-7-16-11(8-12(17)18)15(3,4)21-13(10)16/h8-9H,5-7H2,1-4H3,(H,17,18). The summed E-state index contributed by atoms with van der Waals surface area (Å²) < 4.78 is 4.95. The van der Waals surface area contributed by atoms with Crippen molar-refractivity contribution in [2.24, 2.45) is 0 Å². The molecule has 0 aromatic carbocycles. The van der Waals surface area contributed by atoms with Gasteiger partial charge >= 0.3 is 11.9 Å². The van der Waals surface area contributed by atoms with E-state index in [0.717, 1.165) is 23.7 Å². The molecule has 2 heterocycles. The van der Waals surface area contributed by atoms with Crippen molar-refractivity contribution in [2.75, 3.05) is 6.54 Å². The number of fused-ring (bicyclic) bond motifs is 1. The number of aliphatic carboxylic acids is 1. The second-order valence-corrected chi connectivity index (χ2v) is 7.58. The molecule has 6 heteroatoms. The third kappa shape index (κ3) is 3.26. The number of carboxylic acids is 1. The highest BCUT2D eigenvalue weighted by Gasteiger charge is 2.43. The predicted octanol–water partition coefficient (Wildman–Crippen LogP) is 2.74. The lowest BCUT2D eigenvalue weighted by Crippen LogP contribution is -2.29. The van der Waals surface area contributed by atoms with Crippen LogP contribution in [0.4, 0.5) is 0 Å². The molecule has 0 amide bonds. The Balaban J connectivity index is 2.41. The Morgan fingerprint density at radius 1 is 1.43 bits per heavy atom. The number of carbonyl (C=O) groups excluding carboxylic acids is 1. The zero-order chi connectivity index (χ0) is 15.8. The van der Waals surface area contributed by atoms with Crippen molar-refractivity contribution in [3.8, 4) is 0 Å². The van der Waals surface area contributed by atoms with Gasteiger partial charge in [0, 0.05) is 18.3 Å². The molecule has 1 N–H and O–H groups in total. The van der Waals surface area contributed by atoms with E-state index in [1.165, 1.54) is 17.8 Å². The van der Waals surface area contributed by atoms with E-state index in [2.05, 4.69) is 0 Å². The van der Waals surface area contributed by atoms with Gasteiger partial charge in [-0.2, -0.15) is 0 Å². The second kappa shape index (κ2) is 5.75. The van der Waals surface area contributed by atoms with Crippen LogP contribution in [0.1, 0.15) is 40.5 Å². The molecule has 0 radical (unpaired) electrons. The smallest absolute Gasteiger partial charge is 0.336 e. The fourth-order valence-corrected chi connectivity index (χ4v) is 3.96. The van der Waals surface area contributed by atoms with Gasteiger partial charge in [0.25, 0.3) is 0 Å². The van der Waals surface area contributed by atoms with E-state index in [1.54, 1.807) is 0 Å². The van der Waals surface area contributed by atoms with Crippen LogP contribution < -0.4 is 0 Å². The summed E-state index contributed by atoms with van der Waals surface area (Å²) in [6.07, 6.45) is 2.59. The molecule has 2 aliphatic rings. The van der Waals surface area contributed by atoms with Crippen molar-refractivity contribution in [1.29, 1.82) is 0 Å². The van der Waals surface area contributed by atoms with E-state index >= 15 is 0 Å². The third-order valence-corrected chi connectivity index (χ3v) is 4.80. The molecule has 116 valence electrons. The van der Waals surface area contributed by atoms with Crippen LogP contribution in [0.2, 0.25) is 0 Å². The first-order valence-electron chi connectivity index (χ1n) is 7.08. The van der Waals surface area contributed by atoms with Crippen LogP contribution in [0.3, 0.4) is 0 Å². The number of thioether (sulfide) groups is 1. The molecule has 1 fully saturated rings. The quantitative estimate of drug-likeness (QED) is 0.638. The lowest BCUT2D eigenvalue weighted by atomic mass is 10.0. The van der Waals surface area contributed by atoms with Gasteiger partial charge in [0.2, 0.25) is 0 Å². The van der Waals surface area contributed by atoms with Crippen LogP contribution in [-0.2, 0) is 14.3 Å². The molecule has 0 aliphatic carbocycles. The van der Waals surface area contributed by atoms with E-state index in [1.807, 2.05) is 32.6 Å². The maximum atomic E-state index is 12.2. The summed E-state index contributed by atoms with van der Waals surface area (Å²) in [6.45, 7) is 8.34. The molecule has 0 saturated carbocycles. The van der Waals surface area contributed by atoms with Crippen molar-refractivity contribution in [1.82, 2.24) is 4.90 Å². The van der Waals surface area contributed by atoms with Crippen LogP contribution in [0, 0.1) is 0 Å². The van der Waals surface area contributed by atoms with Crippen LogP contribution in [0.25, 0.3) is 0 Å². The van der Waals surface area contributed by atoms with E-state index in [0.29, 0.717) is 12.0 Å². The Morgan fingerprint density at radius 2 is 2.10 bits per heavy atom. The van der Waals surface area contributed by atoms with Gasteiger partial charge in [-0.05, 0) is 40.5 Å². The lowest BCUT2D eigenvalue weighted by molar-refractivity contribution is -0.143. The molecule has 2 rings (SSSR count). The van der Waals surface area contributed by atoms with Crippen molar-refractivity contribution in [3.05, 3.63) is 22.4 Å². The first-order valence-corrected chi connectivity index (χ1v) is 7.90. The Kier molecular flexibility index (Phi) is 4.37. The number of carbonyl (C=O) groups is 2. The number of nitrogens with zero attached hydrogens (tertiary/aromatic N) is 1. The normalized spacial score (nSPS) is 22.7. The summed E-state index contributed by atoms with van der Waals surface area (Å²) in [7, 11) is 0. The Labute approximate surface area is 129 Å². The van der Waals surface area contributed by atoms with Crippen LogP contribution in [0.15, 0.2) is 22.4 Å². The summed E-state index contributed by atoms with van der Waals surface area (Å²) in [4.78, 5) is 25.3. The molecule has 5 nitrogen and oxygen atoms in total. The van der Waals surface area contributed by atoms with E-state index in [4.69, 9.17) is 9.84 Å². The first kappa shape index (κ1) is 15.9. The zero-order valence-electron chi connectivity index (χ0n) is 12.8. The summed E-state index contributed by atoms with van der Waals surface area (Å²) in [5.74, 6) is -1.25. The van der Waals surface area contributed by atoms with Crippen LogP contribution in [-0.4, -0.2) is 39.3 Å². The van der Waals surface area contributed by atoms with Gasteiger partial charge in [-0.1, -0.05) is 11.8 Å². The van der Waals surface area contributed by atoms with Gasteiger partial charge in [0.05, 0.1) is 21.5 Å². The van der Waals surface area contributed by atoms with Gasteiger partial charge < -0.3 is 14.7 Å². The molecule has 0 bridgehead atoms. The number of hydrogen-bond acceptors (Lipinski definition) is 5. The Bertz CT molecular complexity index is 534. The molecule has 1 saturated heterocycles. The molecule has 0 aromatic rings. The maximum absolute atomic E-state index is 12.2. The highest BCUT2D eigenvalue weighted by atomic mass is 32.2. The molecular formula is C15H21NO4S. The molecule has 0 unspecified atom stereocenters. The topological polar surface area (TPSA) is 66.8 Å². The van der Waals surface area contributed by atoms with E-state index < -0.39 is 5.97 Å². The fourth-order valence-electron chi connectivity index (χ4n) is 2.59. The average Bonchev–Trinajstić information content (AvgIpc) is 2.59. The molecule has 0 spiro atoms. The van der Waals surface area contributed by atoms with Crippen LogP contribution >= 0.6 is 11.8 Å². The van der Waals surface area contributed by atoms with Gasteiger partial charge in [0.15, 0.2) is 0 Å². The average molecular weight is 311 g/mol. The highest BCUT2D eigenvalue weighted by Crippen LogP contribution is 2.52. The Morgan fingerprint density at radius 3 is 2.67 bits per heavy atom. The summed E-state index contributed by atoms with van der Waals surface area (Å²) in [5.41, 5.74) is 1.41. The molecule has 2 aliphatic heterocycles. The molecule has 21 heavy (non-hydrogen) atoms. The zero-order valence-corrected chi connectivity index (χ0v) is 13.6. The van der Waals surface area contributed by atoms with Crippen molar-refractivity contribution >= 4 is 23.7 Å². The second-order valence-electron chi connectivity index (χ2n) is 5.97. The van der Waals surface area contributed by atoms with Crippen molar-refractivity contribution in [3.63, 3.8) is 0 Å². The van der Waals surface area contributed by atoms with E-state index in [9.17, 15) is 9.59 Å². The predicted molar refractivity (Wildman–Crippen MR) is 81.6 cm³/mol. The number of hydrogen-bond donors (Lipinski definition) is 1. The van der Waals surface area contributed by atoms with Gasteiger partial charge in [-0.25, -0.2) is 9.59 Å². The van der Waals surface area contributed by atoms with E-state index in [-0.39, 0.29) is 16.8 Å². The third-order valence-electron chi connectivity index (χ3n) is 3.42. The van der Waals surface area contributed by atoms with Gasteiger partial charge in [0.1, 0.15) is 0 Å². The molecule has 0 aromatic heterocycles. The fraction of sp³-hybridized carbons (Fsp3) is 0.600. The number of rotatable bonds is 3. The maximum Gasteiger partial charge on any atom is 0.336 e. The SMILES string of the molecule is CC(C)OC(=O)C1=C2SC(C)(C)C(=CC(=O)O)N2CCC1. The van der Waals surface area contributed by atoms with Crippen molar-refractivity contribution < 1.29 is 19.4 Å². The largest absolute Gasteiger partial charge is 0.478 e. The van der Waals surface area contributed by atoms with Crippen LogP contribution in [0.5, 0.6) is 0 Å². The van der Waals surface area contributed by atoms with Crippen molar-refractivity contribution in [2.45, 2.75) is 51.4 Å². The first-order chi connectivity index (χ1) is 9.72. The summed E-state index contributed by atoms with van der Waals surface area (Å²) in [6, 6.07) is 0. The molecule has 0 atom stereocenters. The Hall–Kier alpha value is -1.43. The lowest BCUT2D eigenvalue weighted by Gasteiger charge is -2.28. The highest BCUT2D eigenvalue weighted by molar-refractivity contribution is 8.04. The van der Waals surface area contributed by atoms with Gasteiger partial charge in [-0.15, -0.1) is 0 Å². The minimum absolute atomic E-state index is 0.158. The molecular weight excluding hydrogens is 290 g/mol. The minimum atomic E-state index is -0.961.